The van der Waals surface area contributed by atoms with Crippen LogP contribution < -0.4 is 19.5 Å². The smallest absolute Gasteiger partial charge is 0.251 e. The average molecular weight is 343 g/mol. The number of ether oxygens (including phenoxy) is 3. The molecule has 0 aliphatic heterocycles. The van der Waals surface area contributed by atoms with Crippen LogP contribution in [0.5, 0.6) is 17.2 Å². The highest BCUT2D eigenvalue weighted by Gasteiger charge is 2.22. The minimum Gasteiger partial charge on any atom is -0.497 e. The third-order valence-electron chi connectivity index (χ3n) is 4.21. The molecule has 0 aliphatic carbocycles. The molecule has 0 unspecified atom stereocenters. The summed E-state index contributed by atoms with van der Waals surface area (Å²) in [5.74, 6) is 1.79. The number of methoxy groups -OCH3 is 3. The maximum atomic E-state index is 12.5. The number of amides is 1. The number of hydrogen-bond acceptors (Lipinski definition) is 4. The van der Waals surface area contributed by atoms with Crippen molar-refractivity contribution in [1.82, 2.24) is 5.32 Å². The van der Waals surface area contributed by atoms with Crippen molar-refractivity contribution in [2.24, 2.45) is 0 Å². The molecule has 2 rings (SSSR count). The van der Waals surface area contributed by atoms with Gasteiger partial charge in [0.2, 0.25) is 0 Å². The highest BCUT2D eigenvalue weighted by atomic mass is 16.5. The molecule has 25 heavy (non-hydrogen) atoms. The minimum absolute atomic E-state index is 0.150. The Morgan fingerprint density at radius 3 is 2.12 bits per heavy atom. The molecule has 0 aromatic heterocycles. The van der Waals surface area contributed by atoms with Gasteiger partial charge in [-0.25, -0.2) is 0 Å². The fourth-order valence-corrected chi connectivity index (χ4v) is 2.53. The second-order valence-corrected chi connectivity index (χ2v) is 6.36. The van der Waals surface area contributed by atoms with Crippen LogP contribution >= 0.6 is 0 Å². The summed E-state index contributed by atoms with van der Waals surface area (Å²) in [6.45, 7) is 4.68. The van der Waals surface area contributed by atoms with Gasteiger partial charge in [-0.15, -0.1) is 0 Å². The maximum absolute atomic E-state index is 12.5. The summed E-state index contributed by atoms with van der Waals surface area (Å²) in [5.41, 5.74) is 1.45. The van der Waals surface area contributed by atoms with E-state index in [0.717, 1.165) is 11.3 Å². The molecule has 0 atom stereocenters. The van der Waals surface area contributed by atoms with Crippen LogP contribution in [0.2, 0.25) is 0 Å². The molecular weight excluding hydrogens is 318 g/mol. The van der Waals surface area contributed by atoms with Crippen molar-refractivity contribution in [1.29, 1.82) is 0 Å². The van der Waals surface area contributed by atoms with E-state index < -0.39 is 0 Å². The van der Waals surface area contributed by atoms with E-state index in [-0.39, 0.29) is 11.3 Å². The second kappa shape index (κ2) is 7.92. The van der Waals surface area contributed by atoms with Crippen LogP contribution in [0.1, 0.15) is 29.8 Å². The third kappa shape index (κ3) is 4.44. The van der Waals surface area contributed by atoms with Crippen LogP contribution in [0.25, 0.3) is 0 Å². The van der Waals surface area contributed by atoms with Gasteiger partial charge in [-0.1, -0.05) is 26.0 Å². The van der Waals surface area contributed by atoms with Gasteiger partial charge in [0.25, 0.3) is 5.91 Å². The van der Waals surface area contributed by atoms with Crippen molar-refractivity contribution >= 4 is 5.91 Å². The summed E-state index contributed by atoms with van der Waals surface area (Å²) in [5, 5.41) is 2.99. The molecule has 134 valence electrons. The number of nitrogens with one attached hydrogen (secondary N) is 1. The fourth-order valence-electron chi connectivity index (χ4n) is 2.53. The van der Waals surface area contributed by atoms with Gasteiger partial charge in [-0.3, -0.25) is 4.79 Å². The first-order valence-electron chi connectivity index (χ1n) is 8.06. The number of benzene rings is 2. The summed E-state index contributed by atoms with van der Waals surface area (Å²) in [6.07, 6.45) is 0. The SMILES string of the molecule is COc1ccc(C(C)(C)CNC(=O)c2ccc(OC)c(OC)c2)cc1. The lowest BCUT2D eigenvalue weighted by Gasteiger charge is -2.26. The van der Waals surface area contributed by atoms with Crippen LogP contribution in [0, 0.1) is 0 Å². The van der Waals surface area contributed by atoms with Crippen molar-refractivity contribution in [2.45, 2.75) is 19.3 Å². The topological polar surface area (TPSA) is 56.8 Å². The number of rotatable bonds is 7. The highest BCUT2D eigenvalue weighted by Crippen LogP contribution is 2.28. The monoisotopic (exact) mass is 343 g/mol. The van der Waals surface area contributed by atoms with Gasteiger partial charge in [0, 0.05) is 17.5 Å². The van der Waals surface area contributed by atoms with Crippen molar-refractivity contribution < 1.29 is 19.0 Å². The van der Waals surface area contributed by atoms with Crippen LogP contribution in [0.3, 0.4) is 0 Å². The summed E-state index contributed by atoms with van der Waals surface area (Å²) < 4.78 is 15.6. The lowest BCUT2D eigenvalue weighted by molar-refractivity contribution is 0.0945. The summed E-state index contributed by atoms with van der Waals surface area (Å²) in [6, 6.07) is 13.0. The Kier molecular flexibility index (Phi) is 5.91. The maximum Gasteiger partial charge on any atom is 0.251 e. The third-order valence-corrected chi connectivity index (χ3v) is 4.21. The largest absolute Gasteiger partial charge is 0.497 e. The average Bonchev–Trinajstić information content (AvgIpc) is 2.65. The number of carbonyl (C=O) groups is 1. The Labute approximate surface area is 148 Å². The molecule has 1 N–H and O–H groups in total. The predicted octanol–water partition coefficient (Wildman–Crippen LogP) is 3.42. The zero-order valence-electron chi connectivity index (χ0n) is 15.4. The lowest BCUT2D eigenvalue weighted by atomic mass is 9.84. The van der Waals surface area contributed by atoms with E-state index in [2.05, 4.69) is 19.2 Å². The molecule has 2 aromatic carbocycles. The van der Waals surface area contributed by atoms with E-state index in [0.29, 0.717) is 23.6 Å². The Morgan fingerprint density at radius 2 is 1.56 bits per heavy atom. The van der Waals surface area contributed by atoms with E-state index in [1.165, 1.54) is 0 Å². The highest BCUT2D eigenvalue weighted by molar-refractivity contribution is 5.95. The van der Waals surface area contributed by atoms with E-state index in [1.807, 2.05) is 24.3 Å². The molecule has 0 heterocycles. The van der Waals surface area contributed by atoms with Gasteiger partial charge < -0.3 is 19.5 Å². The molecule has 0 saturated heterocycles. The first-order valence-corrected chi connectivity index (χ1v) is 8.06. The summed E-state index contributed by atoms with van der Waals surface area (Å²) >= 11 is 0. The van der Waals surface area contributed by atoms with Crippen molar-refractivity contribution in [2.75, 3.05) is 27.9 Å². The molecule has 0 bridgehead atoms. The van der Waals surface area contributed by atoms with E-state index in [9.17, 15) is 4.79 Å². The van der Waals surface area contributed by atoms with Gasteiger partial charge in [-0.05, 0) is 35.9 Å². The number of carbonyl (C=O) groups excluding carboxylic acids is 1. The van der Waals surface area contributed by atoms with Crippen molar-refractivity contribution in [3.8, 4) is 17.2 Å². The van der Waals surface area contributed by atoms with Gasteiger partial charge >= 0.3 is 0 Å². The van der Waals surface area contributed by atoms with Gasteiger partial charge in [-0.2, -0.15) is 0 Å². The fraction of sp³-hybridized carbons (Fsp3) is 0.350. The van der Waals surface area contributed by atoms with Crippen LogP contribution in [0.15, 0.2) is 42.5 Å². The van der Waals surface area contributed by atoms with Crippen LogP contribution in [-0.4, -0.2) is 33.8 Å². The van der Waals surface area contributed by atoms with E-state index >= 15 is 0 Å². The van der Waals surface area contributed by atoms with Gasteiger partial charge in [0.15, 0.2) is 11.5 Å². The first kappa shape index (κ1) is 18.6. The zero-order valence-corrected chi connectivity index (χ0v) is 15.4. The van der Waals surface area contributed by atoms with Crippen LogP contribution in [0.4, 0.5) is 0 Å². The second-order valence-electron chi connectivity index (χ2n) is 6.36. The van der Waals surface area contributed by atoms with Crippen molar-refractivity contribution in [3.63, 3.8) is 0 Å². The molecule has 0 aliphatic rings. The zero-order chi connectivity index (χ0) is 18.4. The first-order chi connectivity index (χ1) is 11.9. The molecule has 5 nitrogen and oxygen atoms in total. The Hall–Kier alpha value is -2.69. The number of hydrogen-bond donors (Lipinski definition) is 1. The summed E-state index contributed by atoms with van der Waals surface area (Å²) in [4.78, 5) is 12.5. The molecular formula is C20H25NO4. The standard InChI is InChI=1S/C20H25NO4/c1-20(2,15-7-9-16(23-3)10-8-15)13-21-19(22)14-6-11-17(24-4)18(12-14)25-5/h6-12H,13H2,1-5H3,(H,21,22). The molecule has 0 saturated carbocycles. The summed E-state index contributed by atoms with van der Waals surface area (Å²) in [7, 11) is 4.75. The molecule has 2 aromatic rings. The molecule has 0 spiro atoms. The van der Waals surface area contributed by atoms with Crippen molar-refractivity contribution in [3.05, 3.63) is 53.6 Å². The predicted molar refractivity (Wildman–Crippen MR) is 97.9 cm³/mol. The molecule has 5 heteroatoms. The molecule has 0 fully saturated rings. The van der Waals surface area contributed by atoms with Crippen LogP contribution in [-0.2, 0) is 5.41 Å². The van der Waals surface area contributed by atoms with E-state index in [4.69, 9.17) is 14.2 Å². The lowest BCUT2D eigenvalue weighted by Crippen LogP contribution is -2.36. The minimum atomic E-state index is -0.210. The molecule has 1 amide bonds. The Balaban J connectivity index is 2.07. The molecule has 0 radical (unpaired) electrons. The quantitative estimate of drug-likeness (QED) is 0.837. The normalized spacial score (nSPS) is 10.9. The van der Waals surface area contributed by atoms with Gasteiger partial charge in [0.05, 0.1) is 21.3 Å². The van der Waals surface area contributed by atoms with E-state index in [1.54, 1.807) is 39.5 Å². The Bertz CT molecular complexity index is 723. The van der Waals surface area contributed by atoms with Gasteiger partial charge in [0.1, 0.15) is 5.75 Å². The Morgan fingerprint density at radius 1 is 0.920 bits per heavy atom.